The highest BCUT2D eigenvalue weighted by Gasteiger charge is 2.14. The second-order valence-corrected chi connectivity index (χ2v) is 5.67. The fourth-order valence-corrected chi connectivity index (χ4v) is 2.44. The third-order valence-electron chi connectivity index (χ3n) is 3.59. The van der Waals surface area contributed by atoms with Crippen molar-refractivity contribution in [1.29, 1.82) is 0 Å². The largest absolute Gasteiger partial charge is 0.495 e. The molecular weight excluding hydrogens is 326 g/mol. The zero-order valence-electron chi connectivity index (χ0n) is 13.3. The summed E-state index contributed by atoms with van der Waals surface area (Å²) in [5.41, 5.74) is 2.76. The molecule has 0 aliphatic heterocycles. The molecule has 0 saturated carbocycles. The van der Waals surface area contributed by atoms with Gasteiger partial charge in [-0.05, 0) is 30.7 Å². The van der Waals surface area contributed by atoms with Crippen molar-refractivity contribution < 1.29 is 9.53 Å². The fraction of sp³-hybridized carbons (Fsp3) is 0.111. The number of amides is 1. The molecule has 6 heteroatoms. The summed E-state index contributed by atoms with van der Waals surface area (Å²) in [5, 5.41) is 7.65. The zero-order chi connectivity index (χ0) is 17.1. The summed E-state index contributed by atoms with van der Waals surface area (Å²) in [6, 6.07) is 13.0. The number of nitrogens with one attached hydrogen (secondary N) is 1. The number of carbonyl (C=O) groups excluding carboxylic acids is 1. The van der Waals surface area contributed by atoms with E-state index >= 15 is 0 Å². The lowest BCUT2D eigenvalue weighted by atomic mass is 10.2. The first-order valence-corrected chi connectivity index (χ1v) is 7.72. The maximum atomic E-state index is 12.5. The van der Waals surface area contributed by atoms with Gasteiger partial charge in [-0.3, -0.25) is 4.79 Å². The lowest BCUT2D eigenvalue weighted by Crippen LogP contribution is -2.12. The van der Waals surface area contributed by atoms with Gasteiger partial charge in [0.15, 0.2) is 0 Å². The molecule has 0 unspecified atom stereocenters. The molecule has 0 aliphatic rings. The van der Waals surface area contributed by atoms with Crippen LogP contribution >= 0.6 is 11.6 Å². The molecule has 0 spiro atoms. The topological polar surface area (TPSA) is 56.1 Å². The Kier molecular flexibility index (Phi) is 4.53. The molecule has 0 saturated heterocycles. The Labute approximate surface area is 144 Å². The summed E-state index contributed by atoms with van der Waals surface area (Å²) in [7, 11) is 1.53. The first-order valence-electron chi connectivity index (χ1n) is 7.34. The van der Waals surface area contributed by atoms with Crippen LogP contribution in [0, 0.1) is 6.92 Å². The lowest BCUT2D eigenvalue weighted by Gasteiger charge is -2.11. The lowest BCUT2D eigenvalue weighted by molar-refractivity contribution is 0.102. The SMILES string of the molecule is COc1cc(Cl)c(C)cc1NC(=O)c1cnn(-c2ccccc2)c1. The predicted octanol–water partition coefficient (Wildman–Crippen LogP) is 4.10. The zero-order valence-corrected chi connectivity index (χ0v) is 14.0. The van der Waals surface area contributed by atoms with E-state index < -0.39 is 0 Å². The van der Waals surface area contributed by atoms with Gasteiger partial charge in [0.2, 0.25) is 0 Å². The summed E-state index contributed by atoms with van der Waals surface area (Å²) < 4.78 is 6.92. The van der Waals surface area contributed by atoms with Crippen LogP contribution in [0.15, 0.2) is 54.9 Å². The normalized spacial score (nSPS) is 10.5. The van der Waals surface area contributed by atoms with Crippen LogP contribution in [0.4, 0.5) is 5.69 Å². The van der Waals surface area contributed by atoms with Crippen LogP contribution in [0.5, 0.6) is 5.75 Å². The maximum Gasteiger partial charge on any atom is 0.258 e. The number of anilines is 1. The number of rotatable bonds is 4. The smallest absolute Gasteiger partial charge is 0.258 e. The number of ether oxygens (including phenoxy) is 1. The van der Waals surface area contributed by atoms with E-state index in [9.17, 15) is 4.79 Å². The van der Waals surface area contributed by atoms with Gasteiger partial charge in [-0.2, -0.15) is 5.10 Å². The Morgan fingerprint density at radius 2 is 2.00 bits per heavy atom. The summed E-state index contributed by atoms with van der Waals surface area (Å²) in [6.07, 6.45) is 3.21. The van der Waals surface area contributed by atoms with E-state index in [-0.39, 0.29) is 5.91 Å². The van der Waals surface area contributed by atoms with Crippen LogP contribution in [-0.2, 0) is 0 Å². The Hall–Kier alpha value is -2.79. The van der Waals surface area contributed by atoms with Crippen molar-refractivity contribution in [2.75, 3.05) is 12.4 Å². The highest BCUT2D eigenvalue weighted by atomic mass is 35.5. The van der Waals surface area contributed by atoms with E-state index in [2.05, 4.69) is 10.4 Å². The number of aromatic nitrogens is 2. The fourth-order valence-electron chi connectivity index (χ4n) is 2.29. The minimum atomic E-state index is -0.266. The summed E-state index contributed by atoms with van der Waals surface area (Å²) in [4.78, 5) is 12.5. The van der Waals surface area contributed by atoms with E-state index in [0.29, 0.717) is 22.0 Å². The van der Waals surface area contributed by atoms with Crippen molar-refractivity contribution in [2.45, 2.75) is 6.92 Å². The Morgan fingerprint density at radius 3 is 2.71 bits per heavy atom. The Balaban J connectivity index is 1.84. The minimum Gasteiger partial charge on any atom is -0.495 e. The monoisotopic (exact) mass is 341 g/mol. The molecule has 3 aromatic rings. The average molecular weight is 342 g/mol. The molecule has 5 nitrogen and oxygen atoms in total. The van der Waals surface area contributed by atoms with Crippen molar-refractivity contribution in [3.63, 3.8) is 0 Å². The van der Waals surface area contributed by atoms with Crippen LogP contribution in [-0.4, -0.2) is 22.8 Å². The molecule has 0 radical (unpaired) electrons. The highest BCUT2D eigenvalue weighted by Crippen LogP contribution is 2.31. The number of benzene rings is 2. The molecule has 0 aliphatic carbocycles. The van der Waals surface area contributed by atoms with Crippen molar-refractivity contribution >= 4 is 23.2 Å². The molecular formula is C18H16ClN3O2. The van der Waals surface area contributed by atoms with Gasteiger partial charge < -0.3 is 10.1 Å². The maximum absolute atomic E-state index is 12.5. The van der Waals surface area contributed by atoms with Crippen molar-refractivity contribution in [2.24, 2.45) is 0 Å². The predicted molar refractivity (Wildman–Crippen MR) is 94.3 cm³/mol. The first-order chi connectivity index (χ1) is 11.6. The van der Waals surface area contributed by atoms with Crippen LogP contribution in [0.25, 0.3) is 5.69 Å². The molecule has 0 atom stereocenters. The molecule has 3 rings (SSSR count). The molecule has 1 N–H and O–H groups in total. The standard InChI is InChI=1S/C18H16ClN3O2/c1-12-8-16(17(24-2)9-15(12)19)21-18(23)13-10-20-22(11-13)14-6-4-3-5-7-14/h3-11H,1-2H3,(H,21,23). The number of hydrogen-bond donors (Lipinski definition) is 1. The van der Waals surface area contributed by atoms with E-state index in [0.717, 1.165) is 11.3 Å². The van der Waals surface area contributed by atoms with Gasteiger partial charge in [-0.25, -0.2) is 4.68 Å². The number of nitrogens with zero attached hydrogens (tertiary/aromatic N) is 2. The number of methoxy groups -OCH3 is 1. The van der Waals surface area contributed by atoms with Gasteiger partial charge in [-0.1, -0.05) is 29.8 Å². The summed E-state index contributed by atoms with van der Waals surface area (Å²) in [5.74, 6) is 0.242. The molecule has 1 heterocycles. The molecule has 2 aromatic carbocycles. The van der Waals surface area contributed by atoms with Crippen molar-refractivity contribution in [3.05, 3.63) is 71.0 Å². The van der Waals surface area contributed by atoms with E-state index in [1.165, 1.54) is 13.3 Å². The Morgan fingerprint density at radius 1 is 1.25 bits per heavy atom. The van der Waals surface area contributed by atoms with Crippen molar-refractivity contribution in [3.8, 4) is 11.4 Å². The molecule has 122 valence electrons. The van der Waals surface area contributed by atoms with E-state index in [4.69, 9.17) is 16.3 Å². The second-order valence-electron chi connectivity index (χ2n) is 5.26. The Bertz CT molecular complexity index is 875. The molecule has 24 heavy (non-hydrogen) atoms. The van der Waals surface area contributed by atoms with Crippen LogP contribution in [0.2, 0.25) is 5.02 Å². The van der Waals surface area contributed by atoms with Crippen molar-refractivity contribution in [1.82, 2.24) is 9.78 Å². The molecule has 0 fully saturated rings. The number of para-hydroxylation sites is 1. The first kappa shape index (κ1) is 16.1. The molecule has 1 amide bonds. The minimum absolute atomic E-state index is 0.266. The number of halogens is 1. The quantitative estimate of drug-likeness (QED) is 0.777. The number of aryl methyl sites for hydroxylation is 1. The van der Waals surface area contributed by atoms with E-state index in [1.807, 2.05) is 37.3 Å². The third kappa shape index (κ3) is 3.26. The van der Waals surface area contributed by atoms with Crippen LogP contribution in [0.1, 0.15) is 15.9 Å². The summed E-state index contributed by atoms with van der Waals surface area (Å²) in [6.45, 7) is 1.87. The van der Waals surface area contributed by atoms with E-state index in [1.54, 1.807) is 23.0 Å². The van der Waals surface area contributed by atoms with Gasteiger partial charge in [0.25, 0.3) is 5.91 Å². The van der Waals surface area contributed by atoms with Gasteiger partial charge >= 0.3 is 0 Å². The number of hydrogen-bond acceptors (Lipinski definition) is 3. The van der Waals surface area contributed by atoms with Gasteiger partial charge in [0.05, 0.1) is 30.2 Å². The van der Waals surface area contributed by atoms with Gasteiger partial charge in [0.1, 0.15) is 5.75 Å². The highest BCUT2D eigenvalue weighted by molar-refractivity contribution is 6.31. The molecule has 0 bridgehead atoms. The third-order valence-corrected chi connectivity index (χ3v) is 4.00. The van der Waals surface area contributed by atoms with Gasteiger partial charge in [-0.15, -0.1) is 0 Å². The number of carbonyl (C=O) groups is 1. The molecule has 1 aromatic heterocycles. The van der Waals surface area contributed by atoms with Crippen LogP contribution < -0.4 is 10.1 Å². The average Bonchev–Trinajstić information content (AvgIpc) is 3.09. The second kappa shape index (κ2) is 6.76. The van der Waals surface area contributed by atoms with Crippen LogP contribution in [0.3, 0.4) is 0 Å². The summed E-state index contributed by atoms with van der Waals surface area (Å²) >= 11 is 6.08. The van der Waals surface area contributed by atoms with Gasteiger partial charge in [0, 0.05) is 17.3 Å².